The van der Waals surface area contributed by atoms with Gasteiger partial charge in [0.15, 0.2) is 5.76 Å². The third-order valence-corrected chi connectivity index (χ3v) is 4.54. The lowest BCUT2D eigenvalue weighted by atomic mass is 10.2. The first-order valence-electron chi connectivity index (χ1n) is 6.69. The number of rotatable bonds is 5. The van der Waals surface area contributed by atoms with Gasteiger partial charge in [-0.05, 0) is 46.3 Å². The van der Waals surface area contributed by atoms with Gasteiger partial charge in [-0.1, -0.05) is 0 Å². The van der Waals surface area contributed by atoms with E-state index in [0.717, 1.165) is 9.35 Å². The number of hydrogen-bond acceptors (Lipinski definition) is 5. The highest BCUT2D eigenvalue weighted by molar-refractivity contribution is 9.10. The van der Waals surface area contributed by atoms with Crippen molar-refractivity contribution >= 4 is 39.0 Å². The molecule has 3 heterocycles. The van der Waals surface area contributed by atoms with Crippen molar-refractivity contribution in [1.82, 2.24) is 10.3 Å². The first kappa shape index (κ1) is 15.6. The lowest BCUT2D eigenvalue weighted by Crippen LogP contribution is -2.22. The molecule has 0 unspecified atom stereocenters. The van der Waals surface area contributed by atoms with E-state index in [2.05, 4.69) is 26.2 Å². The maximum Gasteiger partial charge on any atom is 0.253 e. The minimum absolute atomic E-state index is 0.159. The number of halogens is 1. The molecule has 7 heteroatoms. The van der Waals surface area contributed by atoms with Gasteiger partial charge in [0.2, 0.25) is 5.78 Å². The number of carbonyl (C=O) groups is 2. The minimum Gasteiger partial charge on any atom is -0.461 e. The molecule has 0 saturated carbocycles. The molecule has 116 valence electrons. The zero-order valence-electron chi connectivity index (χ0n) is 11.8. The second-order valence-electron chi connectivity index (χ2n) is 4.65. The number of thiophene rings is 1. The molecule has 0 saturated heterocycles. The normalized spacial score (nSPS) is 10.5. The molecule has 0 aliphatic heterocycles. The molecule has 0 bridgehead atoms. The van der Waals surface area contributed by atoms with Crippen LogP contribution in [0.4, 0.5) is 0 Å². The second-order valence-corrected chi connectivity index (χ2v) is 6.73. The fourth-order valence-corrected chi connectivity index (χ4v) is 3.19. The van der Waals surface area contributed by atoms with Gasteiger partial charge >= 0.3 is 0 Å². The van der Waals surface area contributed by atoms with Crippen LogP contribution in [0.1, 0.15) is 30.7 Å². The van der Waals surface area contributed by atoms with Crippen molar-refractivity contribution in [3.63, 3.8) is 0 Å². The number of nitrogens with zero attached hydrogens (tertiary/aromatic N) is 1. The van der Waals surface area contributed by atoms with Gasteiger partial charge in [-0.2, -0.15) is 0 Å². The number of nitrogens with one attached hydrogen (secondary N) is 1. The van der Waals surface area contributed by atoms with E-state index in [-0.39, 0.29) is 11.7 Å². The Hall–Kier alpha value is -2.25. The van der Waals surface area contributed by atoms with E-state index in [1.807, 2.05) is 6.07 Å². The SMILES string of the molecule is O=C(NCc1ccc(C(=O)c2ccco2)s1)c1cncc(Br)c1. The largest absolute Gasteiger partial charge is 0.461 e. The topological polar surface area (TPSA) is 72.2 Å². The Kier molecular flexibility index (Phi) is 4.68. The number of pyridine rings is 1. The monoisotopic (exact) mass is 390 g/mol. The number of furan rings is 1. The number of ketones is 1. The quantitative estimate of drug-likeness (QED) is 0.674. The zero-order chi connectivity index (χ0) is 16.2. The van der Waals surface area contributed by atoms with Crippen molar-refractivity contribution in [2.24, 2.45) is 0 Å². The van der Waals surface area contributed by atoms with Crippen LogP contribution >= 0.6 is 27.3 Å². The molecule has 23 heavy (non-hydrogen) atoms. The first-order valence-corrected chi connectivity index (χ1v) is 8.30. The average Bonchev–Trinajstić information content (AvgIpc) is 3.23. The summed E-state index contributed by atoms with van der Waals surface area (Å²) in [4.78, 5) is 29.6. The minimum atomic E-state index is -0.217. The molecule has 0 aromatic carbocycles. The van der Waals surface area contributed by atoms with Crippen LogP contribution in [0.3, 0.4) is 0 Å². The summed E-state index contributed by atoms with van der Waals surface area (Å²) in [5.74, 6) is -0.0671. The fourth-order valence-electron chi connectivity index (χ4n) is 1.93. The van der Waals surface area contributed by atoms with E-state index in [1.54, 1.807) is 30.5 Å². The Morgan fingerprint density at radius 2 is 2.13 bits per heavy atom. The Bertz CT molecular complexity index is 843. The van der Waals surface area contributed by atoms with E-state index in [1.165, 1.54) is 23.8 Å². The number of hydrogen-bond donors (Lipinski definition) is 1. The maximum absolute atomic E-state index is 12.1. The number of carbonyl (C=O) groups excluding carboxylic acids is 2. The van der Waals surface area contributed by atoms with Gasteiger partial charge in [0, 0.05) is 21.7 Å². The van der Waals surface area contributed by atoms with Gasteiger partial charge in [0.05, 0.1) is 23.2 Å². The van der Waals surface area contributed by atoms with Crippen molar-refractivity contribution in [1.29, 1.82) is 0 Å². The molecule has 0 fully saturated rings. The highest BCUT2D eigenvalue weighted by Gasteiger charge is 2.15. The molecule has 5 nitrogen and oxygen atoms in total. The molecule has 3 aromatic heterocycles. The summed E-state index contributed by atoms with van der Waals surface area (Å²) < 4.78 is 5.85. The van der Waals surface area contributed by atoms with Crippen molar-refractivity contribution in [2.45, 2.75) is 6.54 Å². The molecule has 0 radical (unpaired) electrons. The van der Waals surface area contributed by atoms with Crippen LogP contribution in [0.15, 0.2) is 57.9 Å². The van der Waals surface area contributed by atoms with E-state index < -0.39 is 0 Å². The molecule has 1 N–H and O–H groups in total. The Balaban J connectivity index is 1.63. The van der Waals surface area contributed by atoms with Gasteiger partial charge in [0.25, 0.3) is 5.91 Å². The predicted octanol–water partition coefficient (Wildman–Crippen LogP) is 3.66. The van der Waals surface area contributed by atoms with Crippen LogP contribution in [0.2, 0.25) is 0 Å². The van der Waals surface area contributed by atoms with Gasteiger partial charge in [-0.15, -0.1) is 11.3 Å². The summed E-state index contributed by atoms with van der Waals surface area (Å²) in [6, 6.07) is 8.55. The average molecular weight is 391 g/mol. The van der Waals surface area contributed by atoms with Gasteiger partial charge < -0.3 is 9.73 Å². The van der Waals surface area contributed by atoms with E-state index in [4.69, 9.17) is 4.42 Å². The second kappa shape index (κ2) is 6.89. The highest BCUT2D eigenvalue weighted by Crippen LogP contribution is 2.20. The third kappa shape index (κ3) is 3.75. The summed E-state index contributed by atoms with van der Waals surface area (Å²) in [5.41, 5.74) is 0.475. The Morgan fingerprint density at radius 1 is 1.26 bits per heavy atom. The molecule has 3 rings (SSSR count). The van der Waals surface area contributed by atoms with Gasteiger partial charge in [0.1, 0.15) is 0 Å². The molecule has 0 aliphatic rings. The summed E-state index contributed by atoms with van der Waals surface area (Å²) in [7, 11) is 0. The molecule has 1 amide bonds. The van der Waals surface area contributed by atoms with Crippen LogP contribution in [0.5, 0.6) is 0 Å². The zero-order valence-corrected chi connectivity index (χ0v) is 14.2. The van der Waals surface area contributed by atoms with Crippen LogP contribution in [0, 0.1) is 0 Å². The maximum atomic E-state index is 12.1. The van der Waals surface area contributed by atoms with Crippen molar-refractivity contribution in [3.8, 4) is 0 Å². The van der Waals surface area contributed by atoms with Gasteiger partial charge in [-0.25, -0.2) is 0 Å². The lowest BCUT2D eigenvalue weighted by molar-refractivity contribution is 0.0950. The molecule has 0 atom stereocenters. The summed E-state index contributed by atoms with van der Waals surface area (Å²) in [6.07, 6.45) is 4.58. The standard InChI is InChI=1S/C16H11BrN2O3S/c17-11-6-10(7-18-8-11)16(21)19-9-12-3-4-14(23-12)15(20)13-2-1-5-22-13/h1-8H,9H2,(H,19,21). The van der Waals surface area contributed by atoms with Crippen LogP contribution < -0.4 is 5.32 Å². The molecular weight excluding hydrogens is 380 g/mol. The van der Waals surface area contributed by atoms with Crippen LogP contribution in [-0.2, 0) is 6.54 Å². The lowest BCUT2D eigenvalue weighted by Gasteiger charge is -2.03. The Labute approximate surface area is 144 Å². The highest BCUT2D eigenvalue weighted by atomic mass is 79.9. The molecule has 0 aliphatic carbocycles. The predicted molar refractivity (Wildman–Crippen MR) is 89.6 cm³/mol. The van der Waals surface area contributed by atoms with Crippen molar-refractivity contribution < 1.29 is 14.0 Å². The van der Waals surface area contributed by atoms with Crippen molar-refractivity contribution in [3.05, 3.63) is 74.5 Å². The number of aromatic nitrogens is 1. The molecule has 0 spiro atoms. The molecule has 3 aromatic rings. The van der Waals surface area contributed by atoms with Crippen LogP contribution in [-0.4, -0.2) is 16.7 Å². The summed E-state index contributed by atoms with van der Waals surface area (Å²) in [5, 5.41) is 2.81. The van der Waals surface area contributed by atoms with Crippen molar-refractivity contribution in [2.75, 3.05) is 0 Å². The van der Waals surface area contributed by atoms with E-state index in [0.29, 0.717) is 22.7 Å². The smallest absolute Gasteiger partial charge is 0.253 e. The molecular formula is C16H11BrN2O3S. The van der Waals surface area contributed by atoms with E-state index in [9.17, 15) is 9.59 Å². The Morgan fingerprint density at radius 3 is 2.87 bits per heavy atom. The van der Waals surface area contributed by atoms with E-state index >= 15 is 0 Å². The fraction of sp³-hybridized carbons (Fsp3) is 0.0625. The third-order valence-electron chi connectivity index (χ3n) is 3.02. The van der Waals surface area contributed by atoms with Crippen LogP contribution in [0.25, 0.3) is 0 Å². The number of amides is 1. The summed E-state index contributed by atoms with van der Waals surface area (Å²) >= 11 is 4.61. The van der Waals surface area contributed by atoms with Gasteiger partial charge in [-0.3, -0.25) is 14.6 Å². The summed E-state index contributed by atoms with van der Waals surface area (Å²) in [6.45, 7) is 0.349. The first-order chi connectivity index (χ1) is 11.1.